The van der Waals surface area contributed by atoms with Crippen molar-refractivity contribution in [3.05, 3.63) is 24.3 Å². The van der Waals surface area contributed by atoms with Crippen LogP contribution in [0.15, 0.2) is 29.2 Å². The first-order valence-electron chi connectivity index (χ1n) is 6.33. The van der Waals surface area contributed by atoms with Crippen LogP contribution in [-0.4, -0.2) is 26.9 Å². The van der Waals surface area contributed by atoms with Crippen LogP contribution in [0.25, 0.3) is 0 Å². The number of hydrogen-bond acceptors (Lipinski definition) is 3. The van der Waals surface area contributed by atoms with Gasteiger partial charge >= 0.3 is 0 Å². The zero-order chi connectivity index (χ0) is 13.9. The lowest BCUT2D eigenvalue weighted by Crippen LogP contribution is -2.42. The Morgan fingerprint density at radius 3 is 2.42 bits per heavy atom. The summed E-state index contributed by atoms with van der Waals surface area (Å²) >= 11 is 6.18. The molecule has 4 nitrogen and oxygen atoms in total. The highest BCUT2D eigenvalue weighted by Crippen LogP contribution is 2.25. The second-order valence-electron chi connectivity index (χ2n) is 4.70. The van der Waals surface area contributed by atoms with Crippen LogP contribution in [0.2, 0.25) is 0 Å². The number of nitrogens with one attached hydrogen (secondary N) is 1. The minimum absolute atomic E-state index is 0.123. The van der Waals surface area contributed by atoms with Gasteiger partial charge in [0.25, 0.3) is 0 Å². The fraction of sp³-hybridized carbons (Fsp3) is 0.538. The van der Waals surface area contributed by atoms with Crippen molar-refractivity contribution in [2.24, 2.45) is 0 Å². The quantitative estimate of drug-likeness (QED) is 0.870. The third-order valence-corrected chi connectivity index (χ3v) is 5.39. The zero-order valence-electron chi connectivity index (χ0n) is 10.8. The third-order valence-electron chi connectivity index (χ3n) is 3.36. The topological polar surface area (TPSA) is 55.4 Å². The number of halogens is 1. The maximum absolute atomic E-state index is 12.2. The van der Waals surface area contributed by atoms with Gasteiger partial charge in [-0.2, -0.15) is 0 Å². The maximum Gasteiger partial charge on any atom is 0.240 e. The van der Waals surface area contributed by atoms with Crippen LogP contribution >= 0.6 is 11.6 Å². The Morgan fingerprint density at radius 1 is 1.21 bits per heavy atom. The van der Waals surface area contributed by atoms with Gasteiger partial charge in [0.2, 0.25) is 10.0 Å². The minimum Gasteiger partial charge on any atom is -0.497 e. The number of sulfonamides is 1. The average molecular weight is 304 g/mol. The lowest BCUT2D eigenvalue weighted by molar-refractivity contribution is 0.413. The van der Waals surface area contributed by atoms with Gasteiger partial charge in [-0.3, -0.25) is 0 Å². The van der Waals surface area contributed by atoms with Crippen LogP contribution < -0.4 is 9.46 Å². The van der Waals surface area contributed by atoms with E-state index in [1.807, 2.05) is 0 Å². The highest BCUT2D eigenvalue weighted by atomic mass is 35.5. The second-order valence-corrected chi connectivity index (χ2v) is 6.98. The van der Waals surface area contributed by atoms with Gasteiger partial charge < -0.3 is 4.74 Å². The Balaban J connectivity index is 2.12. The molecule has 0 saturated heterocycles. The van der Waals surface area contributed by atoms with E-state index in [1.165, 1.54) is 12.1 Å². The summed E-state index contributed by atoms with van der Waals surface area (Å²) in [7, 11) is -1.96. The van der Waals surface area contributed by atoms with Crippen molar-refractivity contribution >= 4 is 21.6 Å². The smallest absolute Gasteiger partial charge is 0.240 e. The number of alkyl halides is 1. The fourth-order valence-electron chi connectivity index (χ4n) is 2.24. The van der Waals surface area contributed by atoms with Gasteiger partial charge in [0.1, 0.15) is 5.75 Å². The van der Waals surface area contributed by atoms with Crippen LogP contribution in [0.3, 0.4) is 0 Å². The van der Waals surface area contributed by atoms with Crippen molar-refractivity contribution in [2.45, 2.75) is 42.0 Å². The van der Waals surface area contributed by atoms with Crippen molar-refractivity contribution < 1.29 is 13.2 Å². The molecule has 0 radical (unpaired) electrons. The van der Waals surface area contributed by atoms with E-state index in [4.69, 9.17) is 16.3 Å². The molecular formula is C13H18ClNO3S. The summed E-state index contributed by atoms with van der Waals surface area (Å²) in [5.74, 6) is 0.631. The van der Waals surface area contributed by atoms with Gasteiger partial charge in [0, 0.05) is 11.4 Å². The summed E-state index contributed by atoms with van der Waals surface area (Å²) in [6, 6.07) is 6.16. The molecule has 0 heterocycles. The molecule has 1 aromatic carbocycles. The zero-order valence-corrected chi connectivity index (χ0v) is 12.4. The second kappa shape index (κ2) is 6.11. The molecule has 0 aliphatic heterocycles. The first kappa shape index (κ1) is 14.6. The van der Waals surface area contributed by atoms with E-state index in [0.717, 1.165) is 25.7 Å². The molecule has 0 aromatic heterocycles. The Bertz CT molecular complexity index is 515. The Labute approximate surface area is 119 Å². The molecular weight excluding hydrogens is 286 g/mol. The van der Waals surface area contributed by atoms with E-state index < -0.39 is 10.0 Å². The predicted molar refractivity (Wildman–Crippen MR) is 75.2 cm³/mol. The Hall–Kier alpha value is -0.780. The van der Waals surface area contributed by atoms with E-state index in [9.17, 15) is 8.42 Å². The molecule has 2 rings (SSSR count). The maximum atomic E-state index is 12.2. The van der Waals surface area contributed by atoms with E-state index in [0.29, 0.717) is 5.75 Å². The van der Waals surface area contributed by atoms with E-state index >= 15 is 0 Å². The van der Waals surface area contributed by atoms with Crippen molar-refractivity contribution in [1.82, 2.24) is 4.72 Å². The first-order valence-corrected chi connectivity index (χ1v) is 8.25. The number of rotatable bonds is 4. The lowest BCUT2D eigenvalue weighted by atomic mass is 9.96. The van der Waals surface area contributed by atoms with Crippen molar-refractivity contribution in [2.75, 3.05) is 7.11 Å². The standard InChI is InChI=1S/C13H18ClNO3S/c1-18-10-6-8-11(9-7-10)19(16,17)15-13-5-3-2-4-12(13)14/h6-9,12-13,15H,2-5H2,1H3. The highest BCUT2D eigenvalue weighted by molar-refractivity contribution is 7.89. The van der Waals surface area contributed by atoms with Crippen LogP contribution in [0.5, 0.6) is 5.75 Å². The Morgan fingerprint density at radius 2 is 1.84 bits per heavy atom. The molecule has 1 aliphatic carbocycles. The van der Waals surface area contributed by atoms with Gasteiger partial charge in [-0.25, -0.2) is 13.1 Å². The van der Waals surface area contributed by atoms with Crippen molar-refractivity contribution in [3.63, 3.8) is 0 Å². The molecule has 6 heteroatoms. The molecule has 0 spiro atoms. The number of methoxy groups -OCH3 is 1. The summed E-state index contributed by atoms with van der Waals surface area (Å²) in [4.78, 5) is 0.239. The van der Waals surface area contributed by atoms with E-state index in [2.05, 4.69) is 4.72 Å². The summed E-state index contributed by atoms with van der Waals surface area (Å²) in [6.07, 6.45) is 3.73. The van der Waals surface area contributed by atoms with Crippen molar-refractivity contribution in [3.8, 4) is 5.75 Å². The largest absolute Gasteiger partial charge is 0.497 e. The normalized spacial score (nSPS) is 24.1. The average Bonchev–Trinajstić information content (AvgIpc) is 2.41. The Kier molecular flexibility index (Phi) is 4.71. The van der Waals surface area contributed by atoms with Gasteiger partial charge in [0.15, 0.2) is 0 Å². The molecule has 19 heavy (non-hydrogen) atoms. The van der Waals surface area contributed by atoms with Crippen molar-refractivity contribution in [1.29, 1.82) is 0 Å². The first-order chi connectivity index (χ1) is 9.03. The van der Waals surface area contributed by atoms with Gasteiger partial charge in [0.05, 0.1) is 12.0 Å². The summed E-state index contributed by atoms with van der Waals surface area (Å²) in [5, 5.41) is -0.123. The molecule has 1 aliphatic rings. The van der Waals surface area contributed by atoms with Crippen LogP contribution in [0.4, 0.5) is 0 Å². The molecule has 1 saturated carbocycles. The van der Waals surface area contributed by atoms with Gasteiger partial charge in [-0.15, -0.1) is 11.6 Å². The molecule has 2 unspecified atom stereocenters. The molecule has 2 atom stereocenters. The number of hydrogen-bond donors (Lipinski definition) is 1. The number of benzene rings is 1. The fourth-order valence-corrected chi connectivity index (χ4v) is 3.97. The van der Waals surface area contributed by atoms with Gasteiger partial charge in [-0.1, -0.05) is 12.8 Å². The monoisotopic (exact) mass is 303 g/mol. The minimum atomic E-state index is -3.51. The summed E-state index contributed by atoms with van der Waals surface area (Å²) in [5.41, 5.74) is 0. The van der Waals surface area contributed by atoms with Crippen LogP contribution in [0, 0.1) is 0 Å². The predicted octanol–water partition coefficient (Wildman–Crippen LogP) is 2.52. The third kappa shape index (κ3) is 3.61. The molecule has 0 amide bonds. The summed E-state index contributed by atoms with van der Waals surface area (Å²) < 4.78 is 32.2. The van der Waals surface area contributed by atoms with E-state index in [-0.39, 0.29) is 16.3 Å². The van der Waals surface area contributed by atoms with Crippen LogP contribution in [0.1, 0.15) is 25.7 Å². The lowest BCUT2D eigenvalue weighted by Gasteiger charge is -2.27. The highest BCUT2D eigenvalue weighted by Gasteiger charge is 2.28. The molecule has 1 fully saturated rings. The van der Waals surface area contributed by atoms with Crippen LogP contribution in [-0.2, 0) is 10.0 Å². The SMILES string of the molecule is COc1ccc(S(=O)(=O)NC2CCCCC2Cl)cc1. The van der Waals surface area contributed by atoms with E-state index in [1.54, 1.807) is 19.2 Å². The molecule has 106 valence electrons. The molecule has 1 N–H and O–H groups in total. The summed E-state index contributed by atoms with van der Waals surface area (Å²) in [6.45, 7) is 0. The van der Waals surface area contributed by atoms with Gasteiger partial charge in [-0.05, 0) is 37.1 Å². The molecule has 0 bridgehead atoms. The number of ether oxygens (including phenoxy) is 1. The molecule has 1 aromatic rings.